The number of hydrogen-bond acceptors (Lipinski definition) is 4. The van der Waals surface area contributed by atoms with E-state index in [1.807, 2.05) is 36.4 Å². The molecule has 4 nitrogen and oxygen atoms in total. The maximum absolute atomic E-state index is 9.23. The number of rotatable bonds is 2. The minimum Gasteiger partial charge on any atom is -0.398 e. The first-order chi connectivity index (χ1) is 10.2. The lowest BCUT2D eigenvalue weighted by molar-refractivity contribution is 1.40. The second-order valence-corrected chi connectivity index (χ2v) is 5.44. The Bertz CT molecular complexity index is 868. The summed E-state index contributed by atoms with van der Waals surface area (Å²) in [7, 11) is 0. The fourth-order valence-corrected chi connectivity index (χ4v) is 2.52. The zero-order valence-electron chi connectivity index (χ0n) is 11.0. The van der Waals surface area contributed by atoms with Crippen molar-refractivity contribution in [3.05, 3.63) is 58.7 Å². The highest BCUT2D eigenvalue weighted by molar-refractivity contribution is 9.10. The van der Waals surface area contributed by atoms with Gasteiger partial charge in [-0.2, -0.15) is 5.26 Å². The van der Waals surface area contributed by atoms with Crippen LogP contribution in [0.1, 0.15) is 5.56 Å². The number of fused-ring (bicyclic) bond motifs is 1. The summed E-state index contributed by atoms with van der Waals surface area (Å²) < 4.78 is 0.866. The van der Waals surface area contributed by atoms with E-state index in [9.17, 15) is 5.26 Å². The molecule has 102 valence electrons. The van der Waals surface area contributed by atoms with Crippen LogP contribution in [0.15, 0.2) is 53.1 Å². The molecule has 0 saturated carbocycles. The molecule has 0 fully saturated rings. The fourth-order valence-electron chi connectivity index (χ4n) is 2.16. The van der Waals surface area contributed by atoms with E-state index < -0.39 is 0 Å². The standard InChI is InChI=1S/C16H11BrN4/c17-11-3-5-14(10(8-11)9-18)21-15-6-4-13(19)12-2-1-7-20-16(12)15/h1-8,21H,19H2. The van der Waals surface area contributed by atoms with Crippen molar-refractivity contribution in [2.75, 3.05) is 11.1 Å². The summed E-state index contributed by atoms with van der Waals surface area (Å²) in [6.07, 6.45) is 1.72. The molecule has 0 amide bonds. The second-order valence-electron chi connectivity index (χ2n) is 4.53. The number of pyridine rings is 1. The Morgan fingerprint density at radius 2 is 1.95 bits per heavy atom. The van der Waals surface area contributed by atoms with Gasteiger partial charge in [-0.15, -0.1) is 0 Å². The second kappa shape index (κ2) is 5.43. The average molecular weight is 339 g/mol. The summed E-state index contributed by atoms with van der Waals surface area (Å²) in [5.74, 6) is 0. The van der Waals surface area contributed by atoms with Crippen molar-refractivity contribution in [1.29, 1.82) is 5.26 Å². The Balaban J connectivity index is 2.11. The SMILES string of the molecule is N#Cc1cc(Br)ccc1Nc1ccc(N)c2cccnc12. The smallest absolute Gasteiger partial charge is 0.101 e. The maximum atomic E-state index is 9.23. The minimum absolute atomic E-state index is 0.560. The molecule has 0 atom stereocenters. The zero-order chi connectivity index (χ0) is 14.8. The van der Waals surface area contributed by atoms with Gasteiger partial charge in [-0.25, -0.2) is 0 Å². The van der Waals surface area contributed by atoms with Gasteiger partial charge in [0.05, 0.1) is 22.5 Å². The Kier molecular flexibility index (Phi) is 3.46. The van der Waals surface area contributed by atoms with Crippen LogP contribution in [-0.4, -0.2) is 4.98 Å². The normalized spacial score (nSPS) is 10.3. The first-order valence-electron chi connectivity index (χ1n) is 6.29. The molecule has 21 heavy (non-hydrogen) atoms. The summed E-state index contributed by atoms with van der Waals surface area (Å²) >= 11 is 3.36. The molecule has 1 heterocycles. The lowest BCUT2D eigenvalue weighted by Gasteiger charge is -2.12. The van der Waals surface area contributed by atoms with Crippen molar-refractivity contribution in [2.45, 2.75) is 0 Å². The molecular formula is C16H11BrN4. The van der Waals surface area contributed by atoms with Gasteiger partial charge in [-0.3, -0.25) is 4.98 Å². The third-order valence-corrected chi connectivity index (χ3v) is 3.67. The van der Waals surface area contributed by atoms with E-state index in [1.54, 1.807) is 12.3 Å². The van der Waals surface area contributed by atoms with Crippen molar-refractivity contribution in [3.8, 4) is 6.07 Å². The fraction of sp³-hybridized carbons (Fsp3) is 0. The van der Waals surface area contributed by atoms with Crippen molar-refractivity contribution in [3.63, 3.8) is 0 Å². The van der Waals surface area contributed by atoms with Crippen molar-refractivity contribution >= 4 is 43.9 Å². The number of nitrogens with two attached hydrogens (primary N) is 1. The van der Waals surface area contributed by atoms with Crippen molar-refractivity contribution < 1.29 is 0 Å². The summed E-state index contributed by atoms with van der Waals surface area (Å²) in [5, 5.41) is 13.4. The quantitative estimate of drug-likeness (QED) is 0.687. The third-order valence-electron chi connectivity index (χ3n) is 3.17. The summed E-state index contributed by atoms with van der Waals surface area (Å²) in [4.78, 5) is 4.38. The Morgan fingerprint density at radius 1 is 1.14 bits per heavy atom. The van der Waals surface area contributed by atoms with Gasteiger partial charge in [-0.1, -0.05) is 15.9 Å². The van der Waals surface area contributed by atoms with Gasteiger partial charge in [0.25, 0.3) is 0 Å². The highest BCUT2D eigenvalue weighted by Crippen LogP contribution is 2.30. The molecule has 0 spiro atoms. The number of anilines is 3. The molecule has 0 aliphatic carbocycles. The lowest BCUT2D eigenvalue weighted by atomic mass is 10.1. The number of nitrogen functional groups attached to an aromatic ring is 1. The molecule has 0 aliphatic rings. The molecule has 3 N–H and O–H groups in total. The van der Waals surface area contributed by atoms with Crippen molar-refractivity contribution in [2.24, 2.45) is 0 Å². The maximum Gasteiger partial charge on any atom is 0.101 e. The predicted octanol–water partition coefficient (Wildman–Crippen LogP) is 4.19. The van der Waals surface area contributed by atoms with Gasteiger partial charge in [0.1, 0.15) is 6.07 Å². The lowest BCUT2D eigenvalue weighted by Crippen LogP contribution is -1.97. The van der Waals surface area contributed by atoms with Gasteiger partial charge in [0.2, 0.25) is 0 Å². The van der Waals surface area contributed by atoms with Crippen LogP contribution in [0, 0.1) is 11.3 Å². The van der Waals surface area contributed by atoms with Crippen LogP contribution in [-0.2, 0) is 0 Å². The van der Waals surface area contributed by atoms with E-state index in [-0.39, 0.29) is 0 Å². The number of aromatic nitrogens is 1. The number of nitriles is 1. The van der Waals surface area contributed by atoms with Gasteiger partial charge in [0, 0.05) is 21.7 Å². The van der Waals surface area contributed by atoms with Crippen LogP contribution in [0.5, 0.6) is 0 Å². The molecule has 0 aliphatic heterocycles. The number of halogens is 1. The molecule has 2 aromatic carbocycles. The Hall–Kier alpha value is -2.58. The van der Waals surface area contributed by atoms with E-state index in [0.29, 0.717) is 11.3 Å². The Labute approximate surface area is 130 Å². The molecule has 0 unspecified atom stereocenters. The molecule has 0 radical (unpaired) electrons. The van der Waals surface area contributed by atoms with Crippen LogP contribution in [0.3, 0.4) is 0 Å². The molecule has 1 aromatic heterocycles. The topological polar surface area (TPSA) is 74.7 Å². The average Bonchev–Trinajstić information content (AvgIpc) is 2.52. The monoisotopic (exact) mass is 338 g/mol. The van der Waals surface area contributed by atoms with Gasteiger partial charge in [0.15, 0.2) is 0 Å². The number of nitrogens with one attached hydrogen (secondary N) is 1. The van der Waals surface area contributed by atoms with Crippen LogP contribution in [0.2, 0.25) is 0 Å². The van der Waals surface area contributed by atoms with Crippen LogP contribution in [0.4, 0.5) is 17.1 Å². The largest absolute Gasteiger partial charge is 0.398 e. The molecule has 0 saturated heterocycles. The van der Waals surface area contributed by atoms with E-state index in [2.05, 4.69) is 32.3 Å². The molecular weight excluding hydrogens is 328 g/mol. The summed E-state index contributed by atoms with van der Waals surface area (Å²) in [5.41, 5.74) is 9.54. The molecule has 0 bridgehead atoms. The van der Waals surface area contributed by atoms with E-state index in [4.69, 9.17) is 5.73 Å². The van der Waals surface area contributed by atoms with Crippen LogP contribution in [0.25, 0.3) is 10.9 Å². The molecule has 3 rings (SSSR count). The number of hydrogen-bond donors (Lipinski definition) is 2. The first kappa shape index (κ1) is 13.4. The summed E-state index contributed by atoms with van der Waals surface area (Å²) in [6.45, 7) is 0. The van der Waals surface area contributed by atoms with E-state index in [0.717, 1.165) is 26.8 Å². The highest BCUT2D eigenvalue weighted by atomic mass is 79.9. The Morgan fingerprint density at radius 3 is 2.76 bits per heavy atom. The number of nitrogens with zero attached hydrogens (tertiary/aromatic N) is 2. The molecule has 5 heteroatoms. The summed E-state index contributed by atoms with van der Waals surface area (Å²) in [6, 6.07) is 15.2. The zero-order valence-corrected chi connectivity index (χ0v) is 12.6. The van der Waals surface area contributed by atoms with Crippen LogP contribution >= 0.6 is 15.9 Å². The van der Waals surface area contributed by atoms with Gasteiger partial charge < -0.3 is 11.1 Å². The highest BCUT2D eigenvalue weighted by Gasteiger charge is 2.08. The predicted molar refractivity (Wildman–Crippen MR) is 88.3 cm³/mol. The van der Waals surface area contributed by atoms with Crippen LogP contribution < -0.4 is 11.1 Å². The van der Waals surface area contributed by atoms with Gasteiger partial charge in [-0.05, 0) is 42.5 Å². The minimum atomic E-state index is 0.560. The third kappa shape index (κ3) is 2.54. The number of benzene rings is 2. The molecule has 3 aromatic rings. The first-order valence-corrected chi connectivity index (χ1v) is 7.08. The van der Waals surface area contributed by atoms with Gasteiger partial charge >= 0.3 is 0 Å². The van der Waals surface area contributed by atoms with E-state index in [1.165, 1.54) is 0 Å². The van der Waals surface area contributed by atoms with E-state index >= 15 is 0 Å². The van der Waals surface area contributed by atoms with Crippen molar-refractivity contribution in [1.82, 2.24) is 4.98 Å².